The molecular formula is C4H8HfO. The van der Waals surface area contributed by atoms with E-state index in [1.807, 2.05) is 0 Å². The molecule has 0 amide bonds. The van der Waals surface area contributed by atoms with Crippen LogP contribution in [0.3, 0.4) is 0 Å². The SMILES string of the molecule is C1CCOC1.[Hf]. The van der Waals surface area contributed by atoms with E-state index >= 15 is 0 Å². The Bertz CT molecular complexity index is 19.1. The molecule has 0 unspecified atom stereocenters. The summed E-state index contributed by atoms with van der Waals surface area (Å²) in [6.45, 7) is 2.00. The van der Waals surface area contributed by atoms with Crippen LogP contribution in [0, 0.1) is 0 Å². The predicted octanol–water partition coefficient (Wildman–Crippen LogP) is 0.794. The average Bonchev–Trinajstić information content (AvgIpc) is 1.76. The van der Waals surface area contributed by atoms with Crippen LogP contribution in [0.4, 0.5) is 0 Å². The summed E-state index contributed by atoms with van der Waals surface area (Å²) in [6.07, 6.45) is 2.56. The first-order chi connectivity index (χ1) is 2.50. The van der Waals surface area contributed by atoms with Crippen molar-refractivity contribution in [3.05, 3.63) is 0 Å². The topological polar surface area (TPSA) is 9.23 Å². The molecule has 1 nitrogen and oxygen atoms in total. The van der Waals surface area contributed by atoms with Crippen molar-refractivity contribution in [3.63, 3.8) is 0 Å². The van der Waals surface area contributed by atoms with Gasteiger partial charge in [-0.2, -0.15) is 0 Å². The summed E-state index contributed by atoms with van der Waals surface area (Å²) in [5, 5.41) is 0. The molecule has 0 N–H and O–H groups in total. The van der Waals surface area contributed by atoms with Crippen molar-refractivity contribution in [2.45, 2.75) is 12.8 Å². The second kappa shape index (κ2) is 4.00. The first-order valence-corrected chi connectivity index (χ1v) is 2.08. The summed E-state index contributed by atoms with van der Waals surface area (Å²) in [5.74, 6) is 0. The monoisotopic (exact) mass is 252 g/mol. The Hall–Kier alpha value is 0.830. The third kappa shape index (κ3) is 2.08. The summed E-state index contributed by atoms with van der Waals surface area (Å²) in [4.78, 5) is 0. The fourth-order valence-corrected chi connectivity index (χ4v) is 0.510. The molecule has 0 aromatic heterocycles. The van der Waals surface area contributed by atoms with E-state index in [1.54, 1.807) is 0 Å². The Morgan fingerprint density at radius 3 is 1.67 bits per heavy atom. The van der Waals surface area contributed by atoms with Gasteiger partial charge in [-0.1, -0.05) is 0 Å². The van der Waals surface area contributed by atoms with Crippen molar-refractivity contribution < 1.29 is 30.6 Å². The molecule has 0 atom stereocenters. The maximum atomic E-state index is 4.94. The molecule has 1 saturated heterocycles. The Labute approximate surface area is 56.8 Å². The van der Waals surface area contributed by atoms with Gasteiger partial charge >= 0.3 is 0 Å². The maximum Gasteiger partial charge on any atom is 0.0466 e. The van der Waals surface area contributed by atoms with Gasteiger partial charge in [0.1, 0.15) is 0 Å². The first kappa shape index (κ1) is 6.83. The minimum Gasteiger partial charge on any atom is -0.381 e. The third-order valence-electron chi connectivity index (χ3n) is 0.827. The summed E-state index contributed by atoms with van der Waals surface area (Å²) in [6, 6.07) is 0. The smallest absolute Gasteiger partial charge is 0.0466 e. The van der Waals surface area contributed by atoms with E-state index in [0.717, 1.165) is 13.2 Å². The van der Waals surface area contributed by atoms with Gasteiger partial charge in [-0.15, -0.1) is 0 Å². The van der Waals surface area contributed by atoms with E-state index in [9.17, 15) is 0 Å². The fourth-order valence-electron chi connectivity index (χ4n) is 0.510. The van der Waals surface area contributed by atoms with Crippen LogP contribution in [0.1, 0.15) is 12.8 Å². The molecule has 34 valence electrons. The molecule has 1 heterocycles. The van der Waals surface area contributed by atoms with E-state index < -0.39 is 0 Å². The average molecular weight is 251 g/mol. The molecule has 0 radical (unpaired) electrons. The molecule has 0 saturated carbocycles. The van der Waals surface area contributed by atoms with Crippen LogP contribution in [0.5, 0.6) is 0 Å². The van der Waals surface area contributed by atoms with E-state index in [4.69, 9.17) is 4.74 Å². The summed E-state index contributed by atoms with van der Waals surface area (Å²) in [7, 11) is 0. The zero-order valence-electron chi connectivity index (χ0n) is 3.74. The Morgan fingerprint density at radius 2 is 1.50 bits per heavy atom. The molecular weight excluding hydrogens is 243 g/mol. The van der Waals surface area contributed by atoms with Gasteiger partial charge in [0.25, 0.3) is 0 Å². The van der Waals surface area contributed by atoms with Crippen LogP contribution in [0.25, 0.3) is 0 Å². The van der Waals surface area contributed by atoms with Gasteiger partial charge in [0.15, 0.2) is 0 Å². The molecule has 0 aliphatic carbocycles. The van der Waals surface area contributed by atoms with Crippen molar-refractivity contribution >= 4 is 0 Å². The fraction of sp³-hybridized carbons (Fsp3) is 1.00. The molecule has 0 aromatic carbocycles. The van der Waals surface area contributed by atoms with Crippen molar-refractivity contribution in [2.24, 2.45) is 0 Å². The van der Waals surface area contributed by atoms with Crippen molar-refractivity contribution in [1.82, 2.24) is 0 Å². The van der Waals surface area contributed by atoms with Gasteiger partial charge < -0.3 is 4.74 Å². The van der Waals surface area contributed by atoms with Crippen molar-refractivity contribution in [2.75, 3.05) is 13.2 Å². The van der Waals surface area contributed by atoms with E-state index in [2.05, 4.69) is 0 Å². The molecule has 1 aliphatic heterocycles. The first-order valence-electron chi connectivity index (χ1n) is 2.08. The van der Waals surface area contributed by atoms with Gasteiger partial charge in [0, 0.05) is 39.1 Å². The predicted molar refractivity (Wildman–Crippen MR) is 20.1 cm³/mol. The Kier molecular flexibility index (Phi) is 4.56. The molecule has 1 fully saturated rings. The molecule has 0 spiro atoms. The number of ether oxygens (including phenoxy) is 1. The molecule has 2 heteroatoms. The third-order valence-corrected chi connectivity index (χ3v) is 0.827. The van der Waals surface area contributed by atoms with Gasteiger partial charge in [-0.3, -0.25) is 0 Å². The maximum absolute atomic E-state index is 4.94. The van der Waals surface area contributed by atoms with E-state index in [-0.39, 0.29) is 25.8 Å². The summed E-state index contributed by atoms with van der Waals surface area (Å²) in [5.41, 5.74) is 0. The van der Waals surface area contributed by atoms with Crippen LogP contribution >= 0.6 is 0 Å². The van der Waals surface area contributed by atoms with Gasteiger partial charge in [-0.25, -0.2) is 0 Å². The van der Waals surface area contributed by atoms with Gasteiger partial charge in [0.05, 0.1) is 0 Å². The largest absolute Gasteiger partial charge is 0.381 e. The minimum absolute atomic E-state index is 0. The molecule has 0 aromatic rings. The number of hydrogen-bond acceptors (Lipinski definition) is 1. The summed E-state index contributed by atoms with van der Waals surface area (Å²) < 4.78 is 4.94. The van der Waals surface area contributed by atoms with Crippen LogP contribution in [-0.2, 0) is 30.6 Å². The quantitative estimate of drug-likeness (QED) is 0.578. The van der Waals surface area contributed by atoms with Gasteiger partial charge in [-0.05, 0) is 12.8 Å². The molecule has 0 bridgehead atoms. The standard InChI is InChI=1S/C4H8O.Hf/c1-2-4-5-3-1;/h1-4H2;. The molecule has 1 aliphatic rings. The molecule has 1 rings (SSSR count). The van der Waals surface area contributed by atoms with Gasteiger partial charge in [0.2, 0.25) is 0 Å². The Balaban J connectivity index is 0.000000250. The number of hydrogen-bond donors (Lipinski definition) is 0. The van der Waals surface area contributed by atoms with Crippen LogP contribution in [0.15, 0.2) is 0 Å². The van der Waals surface area contributed by atoms with Crippen LogP contribution < -0.4 is 0 Å². The Morgan fingerprint density at radius 1 is 1.00 bits per heavy atom. The number of rotatable bonds is 0. The zero-order chi connectivity index (χ0) is 3.54. The van der Waals surface area contributed by atoms with Crippen molar-refractivity contribution in [3.8, 4) is 0 Å². The normalized spacial score (nSPS) is 20.0. The zero-order valence-corrected chi connectivity index (χ0v) is 7.33. The second-order valence-corrected chi connectivity index (χ2v) is 1.32. The van der Waals surface area contributed by atoms with Crippen molar-refractivity contribution in [1.29, 1.82) is 0 Å². The minimum atomic E-state index is 0. The second-order valence-electron chi connectivity index (χ2n) is 1.32. The molecule has 6 heavy (non-hydrogen) atoms. The summed E-state index contributed by atoms with van der Waals surface area (Å²) >= 11 is 0. The van der Waals surface area contributed by atoms with Crippen LogP contribution in [-0.4, -0.2) is 13.2 Å². The van der Waals surface area contributed by atoms with Crippen LogP contribution in [0.2, 0.25) is 0 Å². The van der Waals surface area contributed by atoms with E-state index in [1.165, 1.54) is 12.8 Å². The van der Waals surface area contributed by atoms with E-state index in [0.29, 0.717) is 0 Å².